The van der Waals surface area contributed by atoms with E-state index in [1.54, 1.807) is 18.2 Å². The smallest absolute Gasteiger partial charge is 0.252 e. The summed E-state index contributed by atoms with van der Waals surface area (Å²) >= 11 is 0. The predicted octanol–water partition coefficient (Wildman–Crippen LogP) is 2.57. The summed E-state index contributed by atoms with van der Waals surface area (Å²) in [6.45, 7) is 5.60. The highest BCUT2D eigenvalue weighted by Crippen LogP contribution is 2.16. The average molecular weight is 325 g/mol. The van der Waals surface area contributed by atoms with Gasteiger partial charge in [0.25, 0.3) is 5.91 Å². The van der Waals surface area contributed by atoms with Gasteiger partial charge in [0.1, 0.15) is 6.04 Å². The molecule has 5 nitrogen and oxygen atoms in total. The summed E-state index contributed by atoms with van der Waals surface area (Å²) in [4.78, 5) is 25.0. The van der Waals surface area contributed by atoms with Gasteiger partial charge < -0.3 is 16.4 Å². The van der Waals surface area contributed by atoms with Gasteiger partial charge in [-0.3, -0.25) is 9.59 Å². The van der Waals surface area contributed by atoms with Crippen molar-refractivity contribution in [2.75, 3.05) is 5.73 Å². The Hall–Kier alpha value is -2.82. The van der Waals surface area contributed by atoms with Crippen LogP contribution in [0.1, 0.15) is 41.4 Å². The van der Waals surface area contributed by atoms with E-state index in [1.807, 2.05) is 51.1 Å². The number of carbonyl (C=O) groups excluding carboxylic acids is 2. The molecule has 0 saturated heterocycles. The molecule has 0 heterocycles. The second-order valence-corrected chi connectivity index (χ2v) is 6.05. The van der Waals surface area contributed by atoms with Crippen molar-refractivity contribution in [1.82, 2.24) is 10.6 Å². The Morgan fingerprint density at radius 3 is 2.25 bits per heavy atom. The van der Waals surface area contributed by atoms with Gasteiger partial charge >= 0.3 is 0 Å². The summed E-state index contributed by atoms with van der Waals surface area (Å²) in [5.74, 6) is -0.553. The van der Waals surface area contributed by atoms with Crippen LogP contribution in [0.25, 0.3) is 0 Å². The fraction of sp³-hybridized carbons (Fsp3) is 0.263. The zero-order valence-corrected chi connectivity index (χ0v) is 14.2. The number of amides is 2. The number of carbonyl (C=O) groups is 2. The van der Waals surface area contributed by atoms with Crippen LogP contribution in [-0.2, 0) is 4.79 Å². The number of anilines is 1. The molecule has 2 rings (SSSR count). The maximum Gasteiger partial charge on any atom is 0.252 e. The second-order valence-electron chi connectivity index (χ2n) is 6.05. The van der Waals surface area contributed by atoms with Crippen molar-refractivity contribution in [3.8, 4) is 0 Å². The molecule has 1 unspecified atom stereocenters. The number of rotatable bonds is 5. The maximum absolute atomic E-state index is 12.6. The fourth-order valence-corrected chi connectivity index (χ4v) is 2.34. The Morgan fingerprint density at radius 2 is 1.67 bits per heavy atom. The molecule has 0 aliphatic heterocycles. The topological polar surface area (TPSA) is 84.2 Å². The average Bonchev–Trinajstić information content (AvgIpc) is 2.55. The van der Waals surface area contributed by atoms with Crippen LogP contribution in [-0.4, -0.2) is 17.9 Å². The zero-order chi connectivity index (χ0) is 17.7. The molecule has 0 aliphatic rings. The minimum atomic E-state index is -0.751. The Bertz CT molecular complexity index is 727. The molecule has 4 N–H and O–H groups in total. The van der Waals surface area contributed by atoms with Gasteiger partial charge in [0.05, 0.1) is 0 Å². The quantitative estimate of drug-likeness (QED) is 0.739. The number of nitrogen functional groups attached to an aromatic ring is 1. The molecule has 2 aromatic carbocycles. The molecule has 0 fully saturated rings. The summed E-state index contributed by atoms with van der Waals surface area (Å²) in [7, 11) is 0. The van der Waals surface area contributed by atoms with Crippen LogP contribution in [0.15, 0.2) is 48.5 Å². The molecular weight excluding hydrogens is 302 g/mol. The SMILES string of the molecule is Cc1cc(C(=O)NC(C(=O)NC(C)C)c2ccccc2)ccc1N. The molecule has 0 bridgehead atoms. The van der Waals surface area contributed by atoms with Crippen molar-refractivity contribution in [3.05, 3.63) is 65.2 Å². The van der Waals surface area contributed by atoms with Gasteiger partial charge in [0, 0.05) is 17.3 Å². The summed E-state index contributed by atoms with van der Waals surface area (Å²) in [5, 5.41) is 5.65. The number of nitrogens with two attached hydrogens (primary N) is 1. The first-order chi connectivity index (χ1) is 11.4. The monoisotopic (exact) mass is 325 g/mol. The first-order valence-corrected chi connectivity index (χ1v) is 7.91. The number of aryl methyl sites for hydroxylation is 1. The lowest BCUT2D eigenvalue weighted by atomic mass is 10.0. The molecule has 0 aromatic heterocycles. The summed E-state index contributed by atoms with van der Waals surface area (Å²) in [6, 6.07) is 13.5. The fourth-order valence-electron chi connectivity index (χ4n) is 2.34. The van der Waals surface area contributed by atoms with Gasteiger partial charge in [0.2, 0.25) is 5.91 Å². The maximum atomic E-state index is 12.6. The third kappa shape index (κ3) is 4.35. The van der Waals surface area contributed by atoms with E-state index in [0.29, 0.717) is 11.3 Å². The van der Waals surface area contributed by atoms with Crippen LogP contribution in [0, 0.1) is 6.92 Å². The number of nitrogens with one attached hydrogen (secondary N) is 2. The molecule has 2 amide bonds. The van der Waals surface area contributed by atoms with Crippen molar-refractivity contribution >= 4 is 17.5 Å². The molecule has 5 heteroatoms. The normalized spacial score (nSPS) is 11.8. The first kappa shape index (κ1) is 17.5. The minimum Gasteiger partial charge on any atom is -0.399 e. The largest absolute Gasteiger partial charge is 0.399 e. The van der Waals surface area contributed by atoms with Crippen molar-refractivity contribution < 1.29 is 9.59 Å². The highest BCUT2D eigenvalue weighted by atomic mass is 16.2. The zero-order valence-electron chi connectivity index (χ0n) is 14.2. The third-order valence-electron chi connectivity index (χ3n) is 3.63. The van der Waals surface area contributed by atoms with Crippen molar-refractivity contribution in [1.29, 1.82) is 0 Å². The van der Waals surface area contributed by atoms with Crippen LogP contribution in [0.4, 0.5) is 5.69 Å². The lowest BCUT2D eigenvalue weighted by Gasteiger charge is -2.20. The van der Waals surface area contributed by atoms with Crippen LogP contribution < -0.4 is 16.4 Å². The number of benzene rings is 2. The number of hydrogen-bond acceptors (Lipinski definition) is 3. The van der Waals surface area contributed by atoms with E-state index >= 15 is 0 Å². The van der Waals surface area contributed by atoms with E-state index in [1.165, 1.54) is 0 Å². The third-order valence-corrected chi connectivity index (χ3v) is 3.63. The van der Waals surface area contributed by atoms with E-state index in [-0.39, 0.29) is 17.9 Å². The van der Waals surface area contributed by atoms with Gasteiger partial charge in [-0.1, -0.05) is 30.3 Å². The van der Waals surface area contributed by atoms with E-state index in [9.17, 15) is 9.59 Å². The lowest BCUT2D eigenvalue weighted by molar-refractivity contribution is -0.123. The van der Waals surface area contributed by atoms with Crippen molar-refractivity contribution in [2.24, 2.45) is 0 Å². The Labute approximate surface area is 142 Å². The van der Waals surface area contributed by atoms with Crippen LogP contribution in [0.2, 0.25) is 0 Å². The summed E-state index contributed by atoms with van der Waals surface area (Å²) < 4.78 is 0. The van der Waals surface area contributed by atoms with Gasteiger partial charge in [-0.25, -0.2) is 0 Å². The predicted molar refractivity (Wildman–Crippen MR) is 95.5 cm³/mol. The van der Waals surface area contributed by atoms with E-state index in [4.69, 9.17) is 5.73 Å². The lowest BCUT2D eigenvalue weighted by Crippen LogP contribution is -2.42. The van der Waals surface area contributed by atoms with Crippen LogP contribution >= 0.6 is 0 Å². The van der Waals surface area contributed by atoms with E-state index in [0.717, 1.165) is 11.1 Å². The molecule has 1 atom stereocenters. The standard InChI is InChI=1S/C19H23N3O2/c1-12(2)21-19(24)17(14-7-5-4-6-8-14)22-18(23)15-9-10-16(20)13(3)11-15/h4-12,17H,20H2,1-3H3,(H,21,24)(H,22,23). The molecule has 2 aromatic rings. The molecule has 0 radical (unpaired) electrons. The highest BCUT2D eigenvalue weighted by Gasteiger charge is 2.23. The van der Waals surface area contributed by atoms with Crippen LogP contribution in [0.3, 0.4) is 0 Å². The molecular formula is C19H23N3O2. The van der Waals surface area contributed by atoms with Crippen molar-refractivity contribution in [3.63, 3.8) is 0 Å². The van der Waals surface area contributed by atoms with Gasteiger partial charge in [-0.15, -0.1) is 0 Å². The van der Waals surface area contributed by atoms with E-state index < -0.39 is 6.04 Å². The number of hydrogen-bond donors (Lipinski definition) is 3. The van der Waals surface area contributed by atoms with Crippen molar-refractivity contribution in [2.45, 2.75) is 32.9 Å². The van der Waals surface area contributed by atoms with Gasteiger partial charge in [-0.05, 0) is 50.1 Å². The minimum absolute atomic E-state index is 0.0145. The molecule has 0 spiro atoms. The summed E-state index contributed by atoms with van der Waals surface area (Å²) in [5.41, 5.74) is 8.45. The Morgan fingerprint density at radius 1 is 1.00 bits per heavy atom. The second kappa shape index (κ2) is 7.64. The summed E-state index contributed by atoms with van der Waals surface area (Å²) in [6.07, 6.45) is 0. The van der Waals surface area contributed by atoms with Gasteiger partial charge in [-0.2, -0.15) is 0 Å². The highest BCUT2D eigenvalue weighted by molar-refractivity contribution is 5.98. The Balaban J connectivity index is 2.25. The first-order valence-electron chi connectivity index (χ1n) is 7.91. The molecule has 0 saturated carbocycles. The molecule has 126 valence electrons. The van der Waals surface area contributed by atoms with Gasteiger partial charge in [0.15, 0.2) is 0 Å². The molecule has 0 aliphatic carbocycles. The van der Waals surface area contributed by atoms with Crippen LogP contribution in [0.5, 0.6) is 0 Å². The Kier molecular flexibility index (Phi) is 5.58. The van der Waals surface area contributed by atoms with E-state index in [2.05, 4.69) is 10.6 Å². The molecule has 24 heavy (non-hydrogen) atoms.